The minimum Gasteiger partial charge on any atom is -0.508 e. The van der Waals surface area contributed by atoms with Gasteiger partial charge in [-0.2, -0.15) is 0 Å². The van der Waals surface area contributed by atoms with E-state index in [-0.39, 0.29) is 5.75 Å². The summed E-state index contributed by atoms with van der Waals surface area (Å²) in [5, 5.41) is 9.20. The number of aromatic hydroxyl groups is 1. The molecule has 4 heteroatoms. The van der Waals surface area contributed by atoms with Gasteiger partial charge in [0.1, 0.15) is 5.75 Å². The van der Waals surface area contributed by atoms with Crippen molar-refractivity contribution in [3.63, 3.8) is 0 Å². The Hall–Kier alpha value is -1.81. The molecule has 3 N–H and O–H groups in total. The Balaban J connectivity index is 2.22. The summed E-state index contributed by atoms with van der Waals surface area (Å²) in [6.07, 6.45) is 0. The van der Waals surface area contributed by atoms with E-state index in [4.69, 9.17) is 5.73 Å². The Kier molecular flexibility index (Phi) is 3.67. The fraction of sp³-hybridized carbons (Fsp3) is 0.143. The van der Waals surface area contributed by atoms with E-state index in [1.54, 1.807) is 30.3 Å². The number of benzene rings is 2. The number of nitrogen functional groups attached to an aromatic ring is 1. The lowest BCUT2D eigenvalue weighted by Gasteiger charge is -2.08. The molecule has 0 bridgehead atoms. The van der Waals surface area contributed by atoms with E-state index in [9.17, 15) is 9.32 Å². The summed E-state index contributed by atoms with van der Waals surface area (Å²) in [7, 11) is -1.12. The highest BCUT2D eigenvalue weighted by Crippen LogP contribution is 2.21. The Morgan fingerprint density at radius 1 is 1.17 bits per heavy atom. The highest BCUT2D eigenvalue weighted by molar-refractivity contribution is 7.84. The summed E-state index contributed by atoms with van der Waals surface area (Å²) >= 11 is 0. The molecule has 0 heterocycles. The second-order valence-electron chi connectivity index (χ2n) is 4.13. The normalized spacial score (nSPS) is 12.3. The summed E-state index contributed by atoms with van der Waals surface area (Å²) in [6, 6.07) is 12.2. The van der Waals surface area contributed by atoms with E-state index in [0.717, 1.165) is 16.0 Å². The first-order chi connectivity index (χ1) is 8.58. The van der Waals surface area contributed by atoms with Gasteiger partial charge in [0, 0.05) is 10.6 Å². The lowest BCUT2D eigenvalue weighted by atomic mass is 10.2. The number of phenolic OH excluding ortho intramolecular Hbond substituents is 1. The summed E-state index contributed by atoms with van der Waals surface area (Å²) < 4.78 is 12.3. The number of hydrogen-bond donors (Lipinski definition) is 2. The zero-order chi connectivity index (χ0) is 13.1. The number of hydrogen-bond acceptors (Lipinski definition) is 3. The lowest BCUT2D eigenvalue weighted by Crippen LogP contribution is -2.01. The molecular weight excluding hydrogens is 246 g/mol. The predicted molar refractivity (Wildman–Crippen MR) is 73.8 cm³/mol. The second kappa shape index (κ2) is 5.23. The molecule has 2 rings (SSSR count). The zero-order valence-electron chi connectivity index (χ0n) is 10.1. The molecule has 94 valence electrons. The standard InChI is InChI=1S/C14H15NO2S/c1-10-13(15)3-2-4-14(10)18(17)9-11-5-7-12(16)8-6-11/h2-8,16H,9,15H2,1H3. The molecule has 2 aromatic carbocycles. The van der Waals surface area contributed by atoms with E-state index < -0.39 is 10.8 Å². The van der Waals surface area contributed by atoms with Gasteiger partial charge >= 0.3 is 0 Å². The average Bonchev–Trinajstić information content (AvgIpc) is 2.35. The highest BCUT2D eigenvalue weighted by Gasteiger charge is 2.09. The third-order valence-corrected chi connectivity index (χ3v) is 4.33. The predicted octanol–water partition coefficient (Wildman–Crippen LogP) is 2.59. The maximum Gasteiger partial charge on any atom is 0.115 e. The molecule has 1 unspecified atom stereocenters. The molecule has 0 fully saturated rings. The molecule has 0 saturated heterocycles. The molecule has 0 spiro atoms. The number of nitrogens with two attached hydrogens (primary N) is 1. The third kappa shape index (κ3) is 2.71. The fourth-order valence-corrected chi connectivity index (χ4v) is 3.04. The minimum atomic E-state index is -1.12. The SMILES string of the molecule is Cc1c(N)cccc1S(=O)Cc1ccc(O)cc1. The molecule has 18 heavy (non-hydrogen) atoms. The van der Waals surface area contributed by atoms with Crippen LogP contribution in [0.4, 0.5) is 5.69 Å². The van der Waals surface area contributed by atoms with Gasteiger partial charge in [-0.25, -0.2) is 0 Å². The van der Waals surface area contributed by atoms with E-state index in [2.05, 4.69) is 0 Å². The van der Waals surface area contributed by atoms with Gasteiger partial charge in [-0.15, -0.1) is 0 Å². The summed E-state index contributed by atoms with van der Waals surface area (Å²) in [5.74, 6) is 0.634. The van der Waals surface area contributed by atoms with Crippen LogP contribution in [0.1, 0.15) is 11.1 Å². The van der Waals surface area contributed by atoms with Crippen LogP contribution in [-0.2, 0) is 16.6 Å². The van der Waals surface area contributed by atoms with Crippen LogP contribution in [0.2, 0.25) is 0 Å². The largest absolute Gasteiger partial charge is 0.508 e. The maximum atomic E-state index is 12.3. The monoisotopic (exact) mass is 261 g/mol. The van der Waals surface area contributed by atoms with Crippen LogP contribution in [0.25, 0.3) is 0 Å². The lowest BCUT2D eigenvalue weighted by molar-refractivity contribution is 0.475. The average molecular weight is 261 g/mol. The Bertz CT molecular complexity index is 579. The molecule has 3 nitrogen and oxygen atoms in total. The van der Waals surface area contributed by atoms with Gasteiger partial charge in [-0.05, 0) is 42.3 Å². The van der Waals surface area contributed by atoms with Crippen molar-refractivity contribution in [1.82, 2.24) is 0 Å². The van der Waals surface area contributed by atoms with Gasteiger partial charge in [-0.1, -0.05) is 18.2 Å². The maximum absolute atomic E-state index is 12.3. The molecule has 2 aromatic rings. The molecule has 0 amide bonds. The summed E-state index contributed by atoms with van der Waals surface area (Å²) in [5.41, 5.74) is 8.26. The zero-order valence-corrected chi connectivity index (χ0v) is 10.9. The first kappa shape index (κ1) is 12.6. The topological polar surface area (TPSA) is 63.3 Å². The van der Waals surface area contributed by atoms with Gasteiger partial charge in [0.25, 0.3) is 0 Å². The van der Waals surface area contributed by atoms with Crippen LogP contribution in [0.15, 0.2) is 47.4 Å². The minimum absolute atomic E-state index is 0.213. The van der Waals surface area contributed by atoms with Crippen molar-refractivity contribution in [1.29, 1.82) is 0 Å². The van der Waals surface area contributed by atoms with Crippen LogP contribution in [-0.4, -0.2) is 9.32 Å². The number of rotatable bonds is 3. The van der Waals surface area contributed by atoms with Gasteiger partial charge in [0.15, 0.2) is 0 Å². The quantitative estimate of drug-likeness (QED) is 0.835. The molecule has 0 aliphatic heterocycles. The second-order valence-corrected chi connectivity index (χ2v) is 5.55. The Labute approximate surface area is 109 Å². The van der Waals surface area contributed by atoms with Crippen molar-refractivity contribution in [2.24, 2.45) is 0 Å². The summed E-state index contributed by atoms with van der Waals surface area (Å²) in [4.78, 5) is 0.767. The van der Waals surface area contributed by atoms with Gasteiger partial charge in [-0.3, -0.25) is 4.21 Å². The van der Waals surface area contributed by atoms with Crippen LogP contribution in [0.3, 0.4) is 0 Å². The molecular formula is C14H15NO2S. The van der Waals surface area contributed by atoms with E-state index in [1.165, 1.54) is 0 Å². The van der Waals surface area contributed by atoms with Crippen LogP contribution in [0, 0.1) is 6.92 Å². The smallest absolute Gasteiger partial charge is 0.115 e. The van der Waals surface area contributed by atoms with Crippen LogP contribution in [0.5, 0.6) is 5.75 Å². The van der Waals surface area contributed by atoms with Crippen LogP contribution >= 0.6 is 0 Å². The van der Waals surface area contributed by atoms with Gasteiger partial charge in [0.2, 0.25) is 0 Å². The first-order valence-corrected chi connectivity index (χ1v) is 6.91. The van der Waals surface area contributed by atoms with Crippen molar-refractivity contribution in [2.75, 3.05) is 5.73 Å². The highest BCUT2D eigenvalue weighted by atomic mass is 32.2. The molecule has 0 aliphatic rings. The molecule has 1 atom stereocenters. The van der Waals surface area contributed by atoms with E-state index in [0.29, 0.717) is 11.4 Å². The first-order valence-electron chi connectivity index (χ1n) is 5.59. The van der Waals surface area contributed by atoms with Crippen LogP contribution < -0.4 is 5.73 Å². The van der Waals surface area contributed by atoms with Crippen molar-refractivity contribution >= 4 is 16.5 Å². The third-order valence-electron chi connectivity index (χ3n) is 2.81. The molecule has 0 saturated carbocycles. The Morgan fingerprint density at radius 3 is 2.50 bits per heavy atom. The molecule has 0 radical (unpaired) electrons. The summed E-state index contributed by atoms with van der Waals surface area (Å²) in [6.45, 7) is 1.87. The van der Waals surface area contributed by atoms with Crippen molar-refractivity contribution in [3.05, 3.63) is 53.6 Å². The molecule has 0 aromatic heterocycles. The van der Waals surface area contributed by atoms with Crippen molar-refractivity contribution in [3.8, 4) is 5.75 Å². The molecule has 0 aliphatic carbocycles. The van der Waals surface area contributed by atoms with Crippen molar-refractivity contribution in [2.45, 2.75) is 17.6 Å². The van der Waals surface area contributed by atoms with Crippen molar-refractivity contribution < 1.29 is 9.32 Å². The van der Waals surface area contributed by atoms with Gasteiger partial charge in [0.05, 0.1) is 16.6 Å². The number of phenols is 1. The van der Waals surface area contributed by atoms with Gasteiger partial charge < -0.3 is 10.8 Å². The fourth-order valence-electron chi connectivity index (χ4n) is 1.70. The van der Waals surface area contributed by atoms with E-state index >= 15 is 0 Å². The van der Waals surface area contributed by atoms with E-state index in [1.807, 2.05) is 19.1 Å². The number of anilines is 1. The Morgan fingerprint density at radius 2 is 1.83 bits per heavy atom.